The van der Waals surface area contributed by atoms with E-state index >= 15 is 0 Å². The number of esters is 2. The van der Waals surface area contributed by atoms with Gasteiger partial charge in [-0.3, -0.25) is 4.79 Å². The molecule has 0 spiro atoms. The Balaban J connectivity index is 4.41. The molecular formula is C23H54O8Si6. The average Bonchev–Trinajstić information content (AvgIpc) is 2.63. The highest BCUT2D eigenvalue weighted by Gasteiger charge is 2.29. The van der Waals surface area contributed by atoms with Gasteiger partial charge in [0.15, 0.2) is 33.3 Å². The lowest BCUT2D eigenvalue weighted by Crippen LogP contribution is -2.43. The molecule has 0 rings (SSSR count). The van der Waals surface area contributed by atoms with E-state index < -0.39 is 63.8 Å². The van der Waals surface area contributed by atoms with E-state index in [1.54, 1.807) is 0 Å². The van der Waals surface area contributed by atoms with Gasteiger partial charge in [0.05, 0.1) is 19.6 Å². The molecular weight excluding hydrogens is 573 g/mol. The van der Waals surface area contributed by atoms with Crippen LogP contribution >= 0.6 is 0 Å². The topological polar surface area (TPSA) is 89.5 Å². The molecule has 0 amide bonds. The first-order valence-electron chi connectivity index (χ1n) is 13.3. The zero-order chi connectivity index (χ0) is 29.1. The molecule has 0 aliphatic rings. The van der Waals surface area contributed by atoms with Crippen LogP contribution in [0.1, 0.15) is 19.3 Å². The largest absolute Gasteiger partial charge is 0.465 e. The molecule has 0 radical (unpaired) electrons. The standard InChI is InChI=1S/C23H54O8Si6/c1-21(23(25)27-17-15-19-33(30-36(8,9)10)31-37(11,12)13)20-22(24)26-16-14-18-32(28-34(2,3)4)29-35(5,6)7/h32-33H,1,14-20H2,2-13H3. The van der Waals surface area contributed by atoms with Crippen LogP contribution in [0.4, 0.5) is 0 Å². The van der Waals surface area contributed by atoms with E-state index in [2.05, 4.69) is 85.1 Å². The third-order valence-electron chi connectivity index (χ3n) is 4.25. The Hall–Kier alpha value is -0.179. The van der Waals surface area contributed by atoms with Gasteiger partial charge in [0.25, 0.3) is 0 Å². The van der Waals surface area contributed by atoms with Crippen molar-refractivity contribution in [3.63, 3.8) is 0 Å². The van der Waals surface area contributed by atoms with E-state index in [0.717, 1.165) is 12.1 Å². The van der Waals surface area contributed by atoms with Gasteiger partial charge >= 0.3 is 30.5 Å². The Morgan fingerprint density at radius 2 is 0.919 bits per heavy atom. The summed E-state index contributed by atoms with van der Waals surface area (Å²) >= 11 is 0. The molecule has 0 bridgehead atoms. The van der Waals surface area contributed by atoms with Crippen molar-refractivity contribution in [3.05, 3.63) is 12.2 Å². The van der Waals surface area contributed by atoms with Crippen molar-refractivity contribution in [3.8, 4) is 0 Å². The van der Waals surface area contributed by atoms with Crippen LogP contribution in [0.25, 0.3) is 0 Å². The van der Waals surface area contributed by atoms with Gasteiger partial charge < -0.3 is 25.9 Å². The van der Waals surface area contributed by atoms with E-state index in [1.165, 1.54) is 0 Å². The van der Waals surface area contributed by atoms with Gasteiger partial charge in [0.2, 0.25) is 0 Å². The monoisotopic (exact) mass is 626 g/mol. The first-order valence-corrected chi connectivity index (χ1v) is 30.4. The molecule has 0 fully saturated rings. The Morgan fingerprint density at radius 3 is 1.24 bits per heavy atom. The maximum atomic E-state index is 12.3. The average molecular weight is 627 g/mol. The minimum Gasteiger partial charge on any atom is -0.465 e. The van der Waals surface area contributed by atoms with Gasteiger partial charge in [0, 0.05) is 5.57 Å². The maximum Gasteiger partial charge on any atom is 0.333 e. The van der Waals surface area contributed by atoms with Crippen LogP contribution in [0.15, 0.2) is 12.2 Å². The Labute approximate surface area is 234 Å². The molecule has 8 nitrogen and oxygen atoms in total. The summed E-state index contributed by atoms with van der Waals surface area (Å²) in [4.78, 5) is 24.5. The fraction of sp³-hybridized carbons (Fsp3) is 0.826. The Bertz CT molecular complexity index is 691. The van der Waals surface area contributed by atoms with E-state index in [4.69, 9.17) is 25.9 Å². The number of rotatable bonds is 19. The first kappa shape index (κ1) is 36.8. The van der Waals surface area contributed by atoms with Crippen LogP contribution in [0.2, 0.25) is 90.7 Å². The minimum absolute atomic E-state index is 0.104. The second-order valence-corrected chi connectivity index (χ2v) is 36.7. The highest BCUT2D eigenvalue weighted by molar-refractivity contribution is 6.81. The quantitative estimate of drug-likeness (QED) is 0.0787. The van der Waals surface area contributed by atoms with E-state index in [0.29, 0.717) is 12.8 Å². The SMILES string of the molecule is C=C(CC(=O)OCCC[SiH](O[Si](C)(C)C)O[Si](C)(C)C)C(=O)OCCC[SiH](O[Si](C)(C)C)O[Si](C)(C)C. The van der Waals surface area contributed by atoms with Crippen molar-refractivity contribution in [1.29, 1.82) is 0 Å². The van der Waals surface area contributed by atoms with Crippen molar-refractivity contribution in [2.24, 2.45) is 0 Å². The zero-order valence-corrected chi connectivity index (χ0v) is 31.9. The lowest BCUT2D eigenvalue weighted by Gasteiger charge is -2.30. The number of carbonyl (C=O) groups excluding carboxylic acids is 2. The molecule has 218 valence electrons. The summed E-state index contributed by atoms with van der Waals surface area (Å²) in [5, 5.41) is 0. The van der Waals surface area contributed by atoms with Crippen molar-refractivity contribution in [1.82, 2.24) is 0 Å². The van der Waals surface area contributed by atoms with Gasteiger partial charge in [-0.15, -0.1) is 0 Å². The normalized spacial score (nSPS) is 13.2. The minimum atomic E-state index is -1.82. The highest BCUT2D eigenvalue weighted by atomic mass is 28.5. The molecule has 0 saturated carbocycles. The molecule has 0 N–H and O–H groups in total. The lowest BCUT2D eigenvalue weighted by atomic mass is 10.2. The fourth-order valence-electron chi connectivity index (χ4n) is 3.11. The summed E-state index contributed by atoms with van der Waals surface area (Å²) in [5.41, 5.74) is 0.104. The number of hydrogen-bond donors (Lipinski definition) is 0. The maximum absolute atomic E-state index is 12.3. The van der Waals surface area contributed by atoms with Crippen LogP contribution in [-0.4, -0.2) is 77.0 Å². The van der Waals surface area contributed by atoms with Crippen LogP contribution in [0, 0.1) is 0 Å². The summed E-state index contributed by atoms with van der Waals surface area (Å²) in [5.74, 6) is -1.04. The zero-order valence-electron chi connectivity index (χ0n) is 25.6. The molecule has 14 heteroatoms. The lowest BCUT2D eigenvalue weighted by molar-refractivity contribution is -0.146. The first-order chi connectivity index (χ1) is 16.6. The molecule has 0 atom stereocenters. The smallest absolute Gasteiger partial charge is 0.333 e. The fourth-order valence-corrected chi connectivity index (χ4v) is 19.9. The second-order valence-electron chi connectivity index (χ2n) is 13.2. The van der Waals surface area contributed by atoms with Crippen LogP contribution < -0.4 is 0 Å². The van der Waals surface area contributed by atoms with E-state index in [-0.39, 0.29) is 25.2 Å². The highest BCUT2D eigenvalue weighted by Crippen LogP contribution is 2.17. The number of carbonyl (C=O) groups is 2. The molecule has 0 aromatic rings. The predicted octanol–water partition coefficient (Wildman–Crippen LogP) is 5.65. The van der Waals surface area contributed by atoms with Gasteiger partial charge in [-0.25, -0.2) is 4.79 Å². The summed E-state index contributed by atoms with van der Waals surface area (Å²) < 4.78 is 35.8. The van der Waals surface area contributed by atoms with Crippen LogP contribution in [0.3, 0.4) is 0 Å². The Morgan fingerprint density at radius 1 is 0.595 bits per heavy atom. The van der Waals surface area contributed by atoms with E-state index in [9.17, 15) is 9.59 Å². The summed E-state index contributed by atoms with van der Waals surface area (Å²) in [6, 6.07) is 1.57. The third-order valence-corrected chi connectivity index (χ3v) is 21.5. The van der Waals surface area contributed by atoms with Gasteiger partial charge in [-0.2, -0.15) is 0 Å². The van der Waals surface area contributed by atoms with Gasteiger partial charge in [-0.05, 0) is 103 Å². The van der Waals surface area contributed by atoms with Crippen LogP contribution in [0.5, 0.6) is 0 Å². The molecule has 0 heterocycles. The van der Waals surface area contributed by atoms with Crippen molar-refractivity contribution in [2.75, 3.05) is 13.2 Å². The van der Waals surface area contributed by atoms with Gasteiger partial charge in [-0.1, -0.05) is 6.58 Å². The van der Waals surface area contributed by atoms with Crippen molar-refractivity contribution >= 4 is 63.8 Å². The predicted molar refractivity (Wildman–Crippen MR) is 167 cm³/mol. The molecule has 0 aromatic carbocycles. The van der Waals surface area contributed by atoms with Crippen LogP contribution in [-0.2, 0) is 35.5 Å². The second kappa shape index (κ2) is 16.2. The number of hydrogen-bond acceptors (Lipinski definition) is 8. The third kappa shape index (κ3) is 23.4. The Kier molecular flexibility index (Phi) is 16.1. The molecule has 0 aliphatic carbocycles. The summed E-state index contributed by atoms with van der Waals surface area (Å²) in [6.07, 6.45) is 1.17. The molecule has 0 aliphatic heterocycles. The summed E-state index contributed by atoms with van der Waals surface area (Å²) in [7, 11) is -10.4. The van der Waals surface area contributed by atoms with Crippen molar-refractivity contribution < 1.29 is 35.5 Å². The number of ether oxygens (including phenoxy) is 2. The van der Waals surface area contributed by atoms with E-state index in [1.807, 2.05) is 0 Å². The molecule has 0 aromatic heterocycles. The molecule has 0 saturated heterocycles. The molecule has 37 heavy (non-hydrogen) atoms. The molecule has 0 unspecified atom stereocenters. The van der Waals surface area contributed by atoms with Gasteiger partial charge in [0.1, 0.15) is 0 Å². The summed E-state index contributed by atoms with van der Waals surface area (Å²) in [6.45, 7) is 30.2. The van der Waals surface area contributed by atoms with Crippen molar-refractivity contribution in [2.45, 2.75) is 110 Å².